The highest BCUT2D eigenvalue weighted by Crippen LogP contribution is 2.62. The number of methoxy groups -OCH3 is 3. The fourth-order valence-corrected chi connectivity index (χ4v) is 3.39. The van der Waals surface area contributed by atoms with Gasteiger partial charge in [0.2, 0.25) is 0 Å². The van der Waals surface area contributed by atoms with Gasteiger partial charge in [-0.3, -0.25) is 0 Å². The lowest BCUT2D eigenvalue weighted by Crippen LogP contribution is -2.72. The molecular formula is C19H27F13O3. The van der Waals surface area contributed by atoms with Crippen LogP contribution in [0.2, 0.25) is 0 Å². The summed E-state index contributed by atoms with van der Waals surface area (Å²) in [4.78, 5) is 0. The third kappa shape index (κ3) is 5.94. The van der Waals surface area contributed by atoms with Gasteiger partial charge in [0.1, 0.15) is 5.92 Å². The predicted octanol–water partition coefficient (Wildman–Crippen LogP) is 7.69. The van der Waals surface area contributed by atoms with Crippen LogP contribution in [-0.4, -0.2) is 63.1 Å². The molecule has 0 heterocycles. The minimum atomic E-state index is -7.98. The number of ether oxygens (including phenoxy) is 3. The molecule has 0 aromatic rings. The highest BCUT2D eigenvalue weighted by atomic mass is 19.4. The molecular weight excluding hydrogens is 523 g/mol. The summed E-state index contributed by atoms with van der Waals surface area (Å²) in [6, 6.07) is 0. The molecule has 16 heteroatoms. The summed E-state index contributed by atoms with van der Waals surface area (Å²) in [7, 11) is 1.63. The van der Waals surface area contributed by atoms with Gasteiger partial charge < -0.3 is 14.2 Å². The first kappa shape index (κ1) is 34.0. The van der Waals surface area contributed by atoms with Crippen LogP contribution < -0.4 is 0 Å². The molecule has 0 aliphatic carbocycles. The van der Waals surface area contributed by atoms with Gasteiger partial charge in [0.25, 0.3) is 5.97 Å². The maximum absolute atomic E-state index is 14.9. The lowest BCUT2D eigenvalue weighted by Gasteiger charge is -2.45. The quantitative estimate of drug-likeness (QED) is 0.112. The van der Waals surface area contributed by atoms with Crippen LogP contribution in [0, 0.1) is 5.92 Å². The molecule has 0 radical (unpaired) electrons. The van der Waals surface area contributed by atoms with Gasteiger partial charge in [-0.15, -0.1) is 0 Å². The van der Waals surface area contributed by atoms with Crippen molar-refractivity contribution in [1.29, 1.82) is 0 Å². The number of rotatable bonds is 16. The van der Waals surface area contributed by atoms with Gasteiger partial charge in [-0.05, 0) is 6.42 Å². The maximum atomic E-state index is 14.9. The zero-order valence-corrected chi connectivity index (χ0v) is 19.2. The van der Waals surface area contributed by atoms with Crippen molar-refractivity contribution in [1.82, 2.24) is 0 Å². The molecule has 35 heavy (non-hydrogen) atoms. The average Bonchev–Trinajstić information content (AvgIpc) is 2.74. The van der Waals surface area contributed by atoms with Crippen molar-refractivity contribution >= 4 is 0 Å². The molecule has 0 saturated carbocycles. The Labute approximate surface area is 193 Å². The smallest absolute Gasteiger partial charge is 0.330 e. The molecule has 0 amide bonds. The van der Waals surface area contributed by atoms with E-state index < -0.39 is 60.5 Å². The van der Waals surface area contributed by atoms with Crippen LogP contribution in [0.1, 0.15) is 51.9 Å². The van der Waals surface area contributed by atoms with Crippen LogP contribution in [0.5, 0.6) is 0 Å². The molecule has 3 nitrogen and oxygen atoms in total. The molecule has 0 aliphatic heterocycles. The molecule has 0 aromatic heterocycles. The van der Waals surface area contributed by atoms with E-state index in [4.69, 9.17) is 0 Å². The Morgan fingerprint density at radius 2 is 0.886 bits per heavy atom. The molecule has 0 aromatic carbocycles. The first-order valence-electron chi connectivity index (χ1n) is 10.2. The van der Waals surface area contributed by atoms with E-state index in [1.165, 1.54) is 0 Å². The van der Waals surface area contributed by atoms with Gasteiger partial charge in [-0.1, -0.05) is 45.4 Å². The topological polar surface area (TPSA) is 27.7 Å². The maximum Gasteiger partial charge on any atom is 0.460 e. The van der Waals surface area contributed by atoms with E-state index >= 15 is 0 Å². The van der Waals surface area contributed by atoms with Crippen LogP contribution in [0.15, 0.2) is 0 Å². The Morgan fingerprint density at radius 1 is 0.514 bits per heavy atom. The second-order valence-corrected chi connectivity index (χ2v) is 7.74. The standard InChI is InChI=1S/C19H27F13O3/c1-5-6-7-8-9-10-11-12(14(33-2,34-3)35-4)13(20,21)15(22,23)16(24,25)17(26,27)18(28,29)19(30,31)32/h12H,5-11H2,1-4H3. The number of hydrogen-bond acceptors (Lipinski definition) is 3. The molecule has 0 aliphatic rings. The van der Waals surface area contributed by atoms with E-state index in [1.54, 1.807) is 0 Å². The lowest BCUT2D eigenvalue weighted by atomic mass is 9.83. The van der Waals surface area contributed by atoms with Gasteiger partial charge >= 0.3 is 35.8 Å². The highest BCUT2D eigenvalue weighted by molar-refractivity contribution is 5.12. The van der Waals surface area contributed by atoms with E-state index in [9.17, 15) is 57.1 Å². The molecule has 0 N–H and O–H groups in total. The largest absolute Gasteiger partial charge is 0.460 e. The molecule has 0 spiro atoms. The van der Waals surface area contributed by atoms with Crippen molar-refractivity contribution in [2.75, 3.05) is 21.3 Å². The summed E-state index contributed by atoms with van der Waals surface area (Å²) in [6.45, 7) is 1.83. The van der Waals surface area contributed by atoms with Crippen molar-refractivity contribution in [3.05, 3.63) is 0 Å². The fourth-order valence-electron chi connectivity index (χ4n) is 3.39. The molecule has 0 rings (SSSR count). The van der Waals surface area contributed by atoms with Crippen LogP contribution in [0.3, 0.4) is 0 Å². The Morgan fingerprint density at radius 3 is 1.26 bits per heavy atom. The van der Waals surface area contributed by atoms with Gasteiger partial charge in [0, 0.05) is 21.3 Å². The molecule has 212 valence electrons. The number of halogens is 13. The zero-order chi connectivity index (χ0) is 28.1. The summed E-state index contributed by atoms with van der Waals surface area (Å²) in [5.41, 5.74) is 0. The van der Waals surface area contributed by atoms with Crippen molar-refractivity contribution in [3.8, 4) is 0 Å². The third-order valence-electron chi connectivity index (χ3n) is 5.52. The van der Waals surface area contributed by atoms with Crippen LogP contribution >= 0.6 is 0 Å². The van der Waals surface area contributed by atoms with E-state index in [0.717, 1.165) is 6.42 Å². The summed E-state index contributed by atoms with van der Waals surface area (Å²) in [5, 5.41) is 0. The SMILES string of the molecule is CCCCCCCCC(C(OC)(OC)OC)C(F)(F)C(F)(F)C(F)(F)C(F)(F)C(F)(F)C(F)(F)F. The van der Waals surface area contributed by atoms with E-state index in [-0.39, 0.29) is 6.42 Å². The number of alkyl halides is 13. The Balaban J connectivity index is 6.54. The Hall–Kier alpha value is -1.03. The lowest BCUT2D eigenvalue weighted by molar-refractivity contribution is -0.464. The monoisotopic (exact) mass is 550 g/mol. The van der Waals surface area contributed by atoms with Crippen molar-refractivity contribution in [2.45, 2.75) is 93.6 Å². The van der Waals surface area contributed by atoms with Gasteiger partial charge in [-0.2, -0.15) is 57.1 Å². The van der Waals surface area contributed by atoms with Crippen LogP contribution in [0.4, 0.5) is 57.1 Å². The summed E-state index contributed by atoms with van der Waals surface area (Å²) in [6.07, 6.45) is -6.62. The predicted molar refractivity (Wildman–Crippen MR) is 96.0 cm³/mol. The van der Waals surface area contributed by atoms with Gasteiger partial charge in [-0.25, -0.2) is 0 Å². The third-order valence-corrected chi connectivity index (χ3v) is 5.52. The Bertz CT molecular complexity index is 638. The van der Waals surface area contributed by atoms with E-state index in [2.05, 4.69) is 14.2 Å². The summed E-state index contributed by atoms with van der Waals surface area (Å²) in [5.74, 6) is -44.2. The first-order chi connectivity index (χ1) is 15.6. The first-order valence-corrected chi connectivity index (χ1v) is 10.2. The highest BCUT2D eigenvalue weighted by Gasteiger charge is 2.91. The molecule has 0 saturated heterocycles. The second-order valence-electron chi connectivity index (χ2n) is 7.74. The fraction of sp³-hybridized carbons (Fsp3) is 1.00. The van der Waals surface area contributed by atoms with Crippen LogP contribution in [-0.2, 0) is 14.2 Å². The van der Waals surface area contributed by atoms with Crippen LogP contribution in [0.25, 0.3) is 0 Å². The molecule has 0 bridgehead atoms. The van der Waals surface area contributed by atoms with Gasteiger partial charge in [0.15, 0.2) is 0 Å². The minimum Gasteiger partial charge on any atom is -0.330 e. The average molecular weight is 550 g/mol. The zero-order valence-electron chi connectivity index (χ0n) is 19.2. The molecule has 0 fully saturated rings. The normalized spacial score (nSPS) is 16.0. The summed E-state index contributed by atoms with van der Waals surface area (Å²) < 4.78 is 190. The van der Waals surface area contributed by atoms with Crippen molar-refractivity contribution < 1.29 is 71.3 Å². The van der Waals surface area contributed by atoms with Crippen molar-refractivity contribution in [2.24, 2.45) is 5.92 Å². The van der Waals surface area contributed by atoms with E-state index in [1.807, 2.05) is 6.92 Å². The number of unbranched alkanes of at least 4 members (excludes halogenated alkanes) is 5. The second kappa shape index (κ2) is 11.6. The summed E-state index contributed by atoms with van der Waals surface area (Å²) >= 11 is 0. The molecule has 1 atom stereocenters. The van der Waals surface area contributed by atoms with Crippen molar-refractivity contribution in [3.63, 3.8) is 0 Å². The van der Waals surface area contributed by atoms with E-state index in [0.29, 0.717) is 40.6 Å². The van der Waals surface area contributed by atoms with Gasteiger partial charge in [0.05, 0.1) is 0 Å². The Kier molecular flexibility index (Phi) is 11.2. The molecule has 1 unspecified atom stereocenters. The number of hydrogen-bond donors (Lipinski definition) is 0. The minimum absolute atomic E-state index is 0.0596.